The summed E-state index contributed by atoms with van der Waals surface area (Å²) in [5.41, 5.74) is 2.66. The molecule has 4 nitrogen and oxygen atoms in total. The lowest BCUT2D eigenvalue weighted by atomic mass is 9.94. The molecule has 18 heavy (non-hydrogen) atoms. The van der Waals surface area contributed by atoms with Crippen LogP contribution >= 0.6 is 0 Å². The van der Waals surface area contributed by atoms with Gasteiger partial charge in [-0.2, -0.15) is 5.10 Å². The van der Waals surface area contributed by atoms with Gasteiger partial charge in [-0.05, 0) is 18.6 Å². The summed E-state index contributed by atoms with van der Waals surface area (Å²) >= 11 is 0. The van der Waals surface area contributed by atoms with Crippen LogP contribution < -0.4 is 0 Å². The Morgan fingerprint density at radius 1 is 1.39 bits per heavy atom. The normalized spacial score (nSPS) is 12.3. The summed E-state index contributed by atoms with van der Waals surface area (Å²) in [6.45, 7) is 1.90. The van der Waals surface area contributed by atoms with Crippen LogP contribution in [0.3, 0.4) is 0 Å². The maximum Gasteiger partial charge on any atom is 0.311 e. The largest absolute Gasteiger partial charge is 0.481 e. The Bertz CT molecular complexity index is 546. The maximum absolute atomic E-state index is 11.4. The standard InChI is InChI=1S/C14H16N2O2/c1-10-8-12(16(2)15-10)9-13(14(17)18)11-6-4-3-5-7-11/h3-8,13H,9H2,1-2H3,(H,17,18). The third-order valence-corrected chi connectivity index (χ3v) is 3.01. The van der Waals surface area contributed by atoms with E-state index in [0.717, 1.165) is 17.0 Å². The summed E-state index contributed by atoms with van der Waals surface area (Å²) < 4.78 is 1.74. The number of nitrogens with zero attached hydrogens (tertiary/aromatic N) is 2. The van der Waals surface area contributed by atoms with Gasteiger partial charge in [0.25, 0.3) is 0 Å². The van der Waals surface area contributed by atoms with Crippen molar-refractivity contribution in [1.82, 2.24) is 9.78 Å². The van der Waals surface area contributed by atoms with Crippen LogP contribution in [0.2, 0.25) is 0 Å². The summed E-state index contributed by atoms with van der Waals surface area (Å²) in [4.78, 5) is 11.4. The lowest BCUT2D eigenvalue weighted by Crippen LogP contribution is -2.16. The summed E-state index contributed by atoms with van der Waals surface area (Å²) in [5, 5.41) is 13.6. The highest BCUT2D eigenvalue weighted by atomic mass is 16.4. The van der Waals surface area contributed by atoms with E-state index in [1.54, 1.807) is 4.68 Å². The third kappa shape index (κ3) is 2.59. The molecule has 0 aliphatic rings. The number of hydrogen-bond acceptors (Lipinski definition) is 2. The first kappa shape index (κ1) is 12.4. The molecule has 0 spiro atoms. The van der Waals surface area contributed by atoms with Crippen molar-refractivity contribution in [1.29, 1.82) is 0 Å². The van der Waals surface area contributed by atoms with Gasteiger partial charge in [0.1, 0.15) is 0 Å². The zero-order valence-corrected chi connectivity index (χ0v) is 10.5. The molecule has 1 aromatic carbocycles. The first-order valence-corrected chi connectivity index (χ1v) is 5.85. The molecule has 0 amide bonds. The second-order valence-electron chi connectivity index (χ2n) is 4.41. The number of carbonyl (C=O) groups is 1. The molecule has 94 valence electrons. The zero-order valence-electron chi connectivity index (χ0n) is 10.5. The molecule has 0 aliphatic heterocycles. The minimum Gasteiger partial charge on any atom is -0.481 e. The average molecular weight is 244 g/mol. The van der Waals surface area contributed by atoms with Gasteiger partial charge < -0.3 is 5.11 Å². The van der Waals surface area contributed by atoms with Gasteiger partial charge in [-0.3, -0.25) is 9.48 Å². The predicted octanol–water partition coefficient (Wildman–Crippen LogP) is 2.14. The van der Waals surface area contributed by atoms with E-state index in [4.69, 9.17) is 0 Å². The number of rotatable bonds is 4. The van der Waals surface area contributed by atoms with Crippen LogP contribution in [0.1, 0.15) is 22.9 Å². The van der Waals surface area contributed by atoms with Gasteiger partial charge in [-0.25, -0.2) is 0 Å². The minimum absolute atomic E-state index is 0.455. The molecule has 0 aliphatic carbocycles. The lowest BCUT2D eigenvalue weighted by Gasteiger charge is -2.12. The van der Waals surface area contributed by atoms with Crippen molar-refractivity contribution in [2.75, 3.05) is 0 Å². The quantitative estimate of drug-likeness (QED) is 0.896. The predicted molar refractivity (Wildman–Crippen MR) is 68.5 cm³/mol. The van der Waals surface area contributed by atoms with E-state index < -0.39 is 11.9 Å². The molecule has 1 N–H and O–H groups in total. The molecule has 1 aromatic heterocycles. The van der Waals surface area contributed by atoms with E-state index >= 15 is 0 Å². The van der Waals surface area contributed by atoms with E-state index in [-0.39, 0.29) is 0 Å². The third-order valence-electron chi connectivity index (χ3n) is 3.01. The number of aryl methyl sites for hydroxylation is 2. The summed E-state index contributed by atoms with van der Waals surface area (Å²) in [7, 11) is 1.84. The van der Waals surface area contributed by atoms with Crippen molar-refractivity contribution < 1.29 is 9.90 Å². The molecule has 1 heterocycles. The second-order valence-corrected chi connectivity index (χ2v) is 4.41. The number of carboxylic acids is 1. The fourth-order valence-corrected chi connectivity index (χ4v) is 2.10. The van der Waals surface area contributed by atoms with Crippen molar-refractivity contribution in [3.8, 4) is 0 Å². The minimum atomic E-state index is -0.806. The second kappa shape index (κ2) is 5.04. The fraction of sp³-hybridized carbons (Fsp3) is 0.286. The van der Waals surface area contributed by atoms with Crippen LogP contribution in [0.15, 0.2) is 36.4 Å². The smallest absolute Gasteiger partial charge is 0.311 e. The molecule has 1 atom stereocenters. The van der Waals surface area contributed by atoms with Crippen LogP contribution in [0.4, 0.5) is 0 Å². The highest BCUT2D eigenvalue weighted by Gasteiger charge is 2.21. The van der Waals surface area contributed by atoms with Crippen LogP contribution in [0.5, 0.6) is 0 Å². The lowest BCUT2D eigenvalue weighted by molar-refractivity contribution is -0.138. The van der Waals surface area contributed by atoms with E-state index in [1.165, 1.54) is 0 Å². The molecule has 2 rings (SSSR count). The van der Waals surface area contributed by atoms with Gasteiger partial charge in [-0.15, -0.1) is 0 Å². The number of carboxylic acid groups (broad SMARTS) is 1. The van der Waals surface area contributed by atoms with Gasteiger partial charge in [0, 0.05) is 19.2 Å². The Morgan fingerprint density at radius 2 is 2.06 bits per heavy atom. The molecule has 0 saturated carbocycles. The Labute approximate surface area is 106 Å². The van der Waals surface area contributed by atoms with Crippen molar-refractivity contribution in [2.45, 2.75) is 19.3 Å². The first-order valence-electron chi connectivity index (χ1n) is 5.85. The average Bonchev–Trinajstić information content (AvgIpc) is 2.65. The molecular formula is C14H16N2O2. The Hall–Kier alpha value is -2.10. The number of benzene rings is 1. The SMILES string of the molecule is Cc1cc(CC(C(=O)O)c2ccccc2)n(C)n1. The van der Waals surface area contributed by atoms with E-state index in [9.17, 15) is 9.90 Å². The fourth-order valence-electron chi connectivity index (χ4n) is 2.10. The molecule has 4 heteroatoms. The first-order chi connectivity index (χ1) is 8.58. The molecule has 0 radical (unpaired) electrons. The number of aromatic nitrogens is 2. The summed E-state index contributed by atoms with van der Waals surface area (Å²) in [5.74, 6) is -1.33. The van der Waals surface area contributed by atoms with Gasteiger partial charge in [-0.1, -0.05) is 30.3 Å². The molecular weight excluding hydrogens is 228 g/mol. The topological polar surface area (TPSA) is 55.1 Å². The Morgan fingerprint density at radius 3 is 2.56 bits per heavy atom. The highest BCUT2D eigenvalue weighted by molar-refractivity contribution is 5.76. The molecule has 0 bridgehead atoms. The van der Waals surface area contributed by atoms with Crippen LogP contribution in [-0.4, -0.2) is 20.9 Å². The van der Waals surface area contributed by atoms with Crippen molar-refractivity contribution in [3.05, 3.63) is 53.3 Å². The van der Waals surface area contributed by atoms with Crippen molar-refractivity contribution in [3.63, 3.8) is 0 Å². The molecule has 2 aromatic rings. The van der Waals surface area contributed by atoms with Crippen LogP contribution in [0.25, 0.3) is 0 Å². The van der Waals surface area contributed by atoms with Crippen LogP contribution in [-0.2, 0) is 18.3 Å². The molecule has 1 unspecified atom stereocenters. The zero-order chi connectivity index (χ0) is 13.1. The monoisotopic (exact) mass is 244 g/mol. The molecule has 0 fully saturated rings. The van der Waals surface area contributed by atoms with Crippen molar-refractivity contribution >= 4 is 5.97 Å². The van der Waals surface area contributed by atoms with Gasteiger partial charge in [0.2, 0.25) is 0 Å². The van der Waals surface area contributed by atoms with Gasteiger partial charge in [0.05, 0.1) is 11.6 Å². The molecule has 0 saturated heterocycles. The Kier molecular flexibility index (Phi) is 3.46. The van der Waals surface area contributed by atoms with Gasteiger partial charge in [0.15, 0.2) is 0 Å². The van der Waals surface area contributed by atoms with Gasteiger partial charge >= 0.3 is 5.97 Å². The van der Waals surface area contributed by atoms with E-state index in [0.29, 0.717) is 6.42 Å². The number of hydrogen-bond donors (Lipinski definition) is 1. The number of aliphatic carboxylic acids is 1. The Balaban J connectivity index is 2.28. The summed E-state index contributed by atoms with van der Waals surface area (Å²) in [6.07, 6.45) is 0.455. The van der Waals surface area contributed by atoms with Crippen LogP contribution in [0, 0.1) is 6.92 Å². The van der Waals surface area contributed by atoms with E-state index in [1.807, 2.05) is 50.4 Å². The maximum atomic E-state index is 11.4. The highest BCUT2D eigenvalue weighted by Crippen LogP contribution is 2.21. The van der Waals surface area contributed by atoms with Crippen molar-refractivity contribution in [2.24, 2.45) is 7.05 Å². The van der Waals surface area contributed by atoms with E-state index in [2.05, 4.69) is 5.10 Å². The summed E-state index contributed by atoms with van der Waals surface area (Å²) in [6, 6.07) is 11.2.